The molecule has 7 heteroatoms. The molecule has 1 fully saturated rings. The molecule has 0 saturated carbocycles. The molecule has 0 radical (unpaired) electrons. The van der Waals surface area contributed by atoms with Crippen molar-refractivity contribution in [2.45, 2.75) is 31.9 Å². The smallest absolute Gasteiger partial charge is 0.249 e. The lowest BCUT2D eigenvalue weighted by atomic mass is 10.2. The number of hydrogen-bond donors (Lipinski definition) is 1. The zero-order chi connectivity index (χ0) is 20.8. The number of aromatic nitrogens is 2. The average Bonchev–Trinajstić information content (AvgIpc) is 3.43. The van der Waals surface area contributed by atoms with Crippen LogP contribution >= 0.6 is 0 Å². The first-order valence-electron chi connectivity index (χ1n) is 10.4. The molecule has 0 spiro atoms. The molecule has 3 aromatic rings. The highest BCUT2D eigenvalue weighted by molar-refractivity contribution is 5.81. The summed E-state index contributed by atoms with van der Waals surface area (Å²) >= 11 is 0. The van der Waals surface area contributed by atoms with E-state index in [0.717, 1.165) is 35.4 Å². The van der Waals surface area contributed by atoms with Crippen LogP contribution in [0.3, 0.4) is 0 Å². The molecule has 158 valence electrons. The van der Waals surface area contributed by atoms with Crippen LogP contribution in [-0.4, -0.2) is 48.4 Å². The first kappa shape index (κ1) is 20.2. The van der Waals surface area contributed by atoms with Crippen LogP contribution in [0.15, 0.2) is 48.5 Å². The Morgan fingerprint density at radius 2 is 2.00 bits per heavy atom. The Morgan fingerprint density at radius 3 is 2.80 bits per heavy atom. The minimum atomic E-state index is -0.307. The average molecular weight is 409 g/mol. The molecule has 2 heterocycles. The van der Waals surface area contributed by atoms with Gasteiger partial charge >= 0.3 is 0 Å². The molecule has 1 amide bonds. The van der Waals surface area contributed by atoms with Gasteiger partial charge in [-0.15, -0.1) is 0 Å². The Balaban J connectivity index is 1.41. The highest BCUT2D eigenvalue weighted by Crippen LogP contribution is 2.26. The second-order valence-electron chi connectivity index (χ2n) is 7.21. The summed E-state index contributed by atoms with van der Waals surface area (Å²) < 4.78 is 18.9. The zero-order valence-corrected chi connectivity index (χ0v) is 17.2. The topological polar surface area (TPSA) is 74.6 Å². The summed E-state index contributed by atoms with van der Waals surface area (Å²) in [7, 11) is 1.63. The molecule has 1 saturated heterocycles. The van der Waals surface area contributed by atoms with E-state index in [1.165, 1.54) is 0 Å². The summed E-state index contributed by atoms with van der Waals surface area (Å²) in [4.78, 5) is 17.0. The van der Waals surface area contributed by atoms with Crippen molar-refractivity contribution in [1.29, 1.82) is 0 Å². The maximum Gasteiger partial charge on any atom is 0.249 e. The number of carbonyl (C=O) groups excluding carboxylic acids is 1. The lowest BCUT2D eigenvalue weighted by Crippen LogP contribution is -2.35. The van der Waals surface area contributed by atoms with Crippen LogP contribution in [0, 0.1) is 0 Å². The molecule has 1 atom stereocenters. The number of fused-ring (bicyclic) bond motifs is 1. The Kier molecular flexibility index (Phi) is 6.49. The second-order valence-corrected chi connectivity index (χ2v) is 7.21. The molecule has 1 aliphatic rings. The number of methoxy groups -OCH3 is 1. The van der Waals surface area contributed by atoms with Crippen LogP contribution < -0.4 is 14.8 Å². The maximum atomic E-state index is 12.2. The van der Waals surface area contributed by atoms with E-state index < -0.39 is 0 Å². The minimum absolute atomic E-state index is 0.0327. The van der Waals surface area contributed by atoms with Gasteiger partial charge in [-0.2, -0.15) is 0 Å². The summed E-state index contributed by atoms with van der Waals surface area (Å²) in [6.07, 6.45) is 2.07. The number of rotatable bonds is 9. The van der Waals surface area contributed by atoms with E-state index in [1.54, 1.807) is 7.11 Å². The fraction of sp³-hybridized carbons (Fsp3) is 0.391. The van der Waals surface area contributed by atoms with Crippen molar-refractivity contribution in [3.63, 3.8) is 0 Å². The predicted octanol–water partition coefficient (Wildman–Crippen LogP) is 2.96. The summed E-state index contributed by atoms with van der Waals surface area (Å²) in [6.45, 7) is 2.32. The molecule has 0 bridgehead atoms. The van der Waals surface area contributed by atoms with E-state index in [9.17, 15) is 4.79 Å². The van der Waals surface area contributed by atoms with E-state index in [1.807, 2.05) is 42.5 Å². The SMILES string of the molecule is COc1ccccc1OCCn1c(CCNC(=O)C2CCCO2)nc2ccccc21. The number of amides is 1. The first-order valence-corrected chi connectivity index (χ1v) is 10.4. The van der Waals surface area contributed by atoms with Crippen molar-refractivity contribution in [2.75, 3.05) is 26.9 Å². The van der Waals surface area contributed by atoms with Crippen molar-refractivity contribution < 1.29 is 19.0 Å². The third-order valence-corrected chi connectivity index (χ3v) is 5.25. The molecular formula is C23H27N3O4. The van der Waals surface area contributed by atoms with E-state index in [2.05, 4.69) is 16.0 Å². The van der Waals surface area contributed by atoms with Gasteiger partial charge in [0.05, 0.1) is 24.7 Å². The van der Waals surface area contributed by atoms with Crippen molar-refractivity contribution in [3.8, 4) is 11.5 Å². The number of para-hydroxylation sites is 4. The molecule has 1 aliphatic heterocycles. The molecule has 2 aromatic carbocycles. The maximum absolute atomic E-state index is 12.2. The second kappa shape index (κ2) is 9.63. The van der Waals surface area contributed by atoms with Gasteiger partial charge in [0.15, 0.2) is 11.5 Å². The number of benzene rings is 2. The Labute approximate surface area is 176 Å². The van der Waals surface area contributed by atoms with Crippen LogP contribution in [-0.2, 0) is 22.5 Å². The van der Waals surface area contributed by atoms with Crippen LogP contribution in [0.4, 0.5) is 0 Å². The van der Waals surface area contributed by atoms with E-state index in [-0.39, 0.29) is 12.0 Å². The fourth-order valence-electron chi connectivity index (χ4n) is 3.75. The molecule has 1 unspecified atom stereocenters. The molecule has 0 aliphatic carbocycles. The van der Waals surface area contributed by atoms with Crippen LogP contribution in [0.5, 0.6) is 11.5 Å². The third kappa shape index (κ3) is 4.57. The van der Waals surface area contributed by atoms with Crippen molar-refractivity contribution in [2.24, 2.45) is 0 Å². The largest absolute Gasteiger partial charge is 0.493 e. The van der Waals surface area contributed by atoms with Gasteiger partial charge in [0.2, 0.25) is 5.91 Å². The van der Waals surface area contributed by atoms with Crippen LogP contribution in [0.2, 0.25) is 0 Å². The Bertz CT molecular complexity index is 995. The molecule has 4 rings (SSSR count). The van der Waals surface area contributed by atoms with Crippen LogP contribution in [0.1, 0.15) is 18.7 Å². The van der Waals surface area contributed by atoms with Crippen molar-refractivity contribution in [3.05, 3.63) is 54.4 Å². The lowest BCUT2D eigenvalue weighted by Gasteiger charge is -2.13. The molecular weight excluding hydrogens is 382 g/mol. The quantitative estimate of drug-likeness (QED) is 0.588. The normalized spacial score (nSPS) is 16.0. The van der Waals surface area contributed by atoms with E-state index >= 15 is 0 Å². The van der Waals surface area contributed by atoms with Crippen molar-refractivity contribution >= 4 is 16.9 Å². The van der Waals surface area contributed by atoms with Gasteiger partial charge in [-0.3, -0.25) is 4.79 Å². The van der Waals surface area contributed by atoms with Gasteiger partial charge in [-0.05, 0) is 37.1 Å². The minimum Gasteiger partial charge on any atom is -0.493 e. The summed E-state index contributed by atoms with van der Waals surface area (Å²) in [5.74, 6) is 2.32. The van der Waals surface area contributed by atoms with Gasteiger partial charge in [-0.1, -0.05) is 24.3 Å². The summed E-state index contributed by atoms with van der Waals surface area (Å²) in [5.41, 5.74) is 2.00. The third-order valence-electron chi connectivity index (χ3n) is 5.25. The summed E-state index contributed by atoms with van der Waals surface area (Å²) in [5, 5.41) is 2.98. The molecule has 7 nitrogen and oxygen atoms in total. The molecule has 1 aromatic heterocycles. The predicted molar refractivity (Wildman–Crippen MR) is 114 cm³/mol. The molecule has 30 heavy (non-hydrogen) atoms. The lowest BCUT2D eigenvalue weighted by molar-refractivity contribution is -0.130. The van der Waals surface area contributed by atoms with Gasteiger partial charge in [0, 0.05) is 19.6 Å². The first-order chi connectivity index (χ1) is 14.8. The van der Waals surface area contributed by atoms with Gasteiger partial charge < -0.3 is 24.1 Å². The van der Waals surface area contributed by atoms with Gasteiger partial charge in [0.25, 0.3) is 0 Å². The molecule has 1 N–H and O–H groups in total. The number of nitrogens with one attached hydrogen (secondary N) is 1. The van der Waals surface area contributed by atoms with E-state index in [4.69, 9.17) is 19.2 Å². The number of ether oxygens (including phenoxy) is 3. The van der Waals surface area contributed by atoms with Gasteiger partial charge in [0.1, 0.15) is 18.5 Å². The Hall–Kier alpha value is -3.06. The Morgan fingerprint density at radius 1 is 1.20 bits per heavy atom. The highest BCUT2D eigenvalue weighted by Gasteiger charge is 2.23. The summed E-state index contributed by atoms with van der Waals surface area (Å²) in [6, 6.07) is 15.7. The van der Waals surface area contributed by atoms with Gasteiger partial charge in [-0.25, -0.2) is 4.98 Å². The monoisotopic (exact) mass is 409 g/mol. The van der Waals surface area contributed by atoms with Crippen molar-refractivity contribution in [1.82, 2.24) is 14.9 Å². The van der Waals surface area contributed by atoms with Crippen LogP contribution in [0.25, 0.3) is 11.0 Å². The zero-order valence-electron chi connectivity index (χ0n) is 17.2. The highest BCUT2D eigenvalue weighted by atomic mass is 16.5. The van der Waals surface area contributed by atoms with E-state index in [0.29, 0.717) is 38.5 Å². The fourth-order valence-corrected chi connectivity index (χ4v) is 3.75. The number of nitrogens with zero attached hydrogens (tertiary/aromatic N) is 2. The number of hydrogen-bond acceptors (Lipinski definition) is 5. The number of imidazole rings is 1. The standard InChI is InChI=1S/C23H27N3O4/c1-28-19-9-4-5-10-20(19)30-16-14-26-18-8-3-2-7-17(18)25-22(26)12-13-24-23(27)21-11-6-15-29-21/h2-5,7-10,21H,6,11-16H2,1H3,(H,24,27). The number of carbonyl (C=O) groups is 1.